The molecular weight excluding hydrogens is 314 g/mol. The lowest BCUT2D eigenvalue weighted by Gasteiger charge is -2.03. The van der Waals surface area contributed by atoms with Crippen molar-refractivity contribution in [2.75, 3.05) is 5.43 Å². The van der Waals surface area contributed by atoms with Gasteiger partial charge < -0.3 is 9.67 Å². The van der Waals surface area contributed by atoms with Gasteiger partial charge in [0.2, 0.25) is 0 Å². The van der Waals surface area contributed by atoms with Gasteiger partial charge in [-0.3, -0.25) is 5.43 Å². The van der Waals surface area contributed by atoms with Crippen LogP contribution in [0.3, 0.4) is 0 Å². The van der Waals surface area contributed by atoms with Crippen LogP contribution in [0.5, 0.6) is 0 Å². The van der Waals surface area contributed by atoms with E-state index in [4.69, 9.17) is 0 Å². The average molecular weight is 335 g/mol. The van der Waals surface area contributed by atoms with E-state index >= 15 is 0 Å². The summed E-state index contributed by atoms with van der Waals surface area (Å²) in [6.45, 7) is 3.15. The Kier molecular flexibility index (Phi) is 5.14. The molecule has 2 N–H and O–H groups in total. The van der Waals surface area contributed by atoms with E-state index in [1.54, 1.807) is 30.5 Å². The first-order valence-electron chi connectivity index (χ1n) is 8.40. The van der Waals surface area contributed by atoms with Gasteiger partial charge in [-0.2, -0.15) is 5.10 Å². The molecule has 0 saturated carbocycles. The summed E-state index contributed by atoms with van der Waals surface area (Å²) in [4.78, 5) is 11.2. The third kappa shape index (κ3) is 3.71. The van der Waals surface area contributed by atoms with E-state index in [0.717, 1.165) is 30.3 Å². The van der Waals surface area contributed by atoms with Gasteiger partial charge >= 0.3 is 5.97 Å². The monoisotopic (exact) mass is 335 g/mol. The summed E-state index contributed by atoms with van der Waals surface area (Å²) >= 11 is 0. The average Bonchev–Trinajstić information content (AvgIpc) is 2.98. The number of hydrazone groups is 1. The van der Waals surface area contributed by atoms with E-state index in [1.165, 1.54) is 5.52 Å². The summed E-state index contributed by atoms with van der Waals surface area (Å²) in [5.74, 6) is -0.977. The van der Waals surface area contributed by atoms with Crippen molar-refractivity contribution in [2.24, 2.45) is 5.10 Å². The maximum Gasteiger partial charge on any atom is 0.337 e. The minimum absolute atomic E-state index is 0.199. The molecule has 0 aliphatic rings. The first-order chi connectivity index (χ1) is 12.2. The minimum Gasteiger partial charge on any atom is -0.478 e. The van der Waals surface area contributed by atoms with E-state index < -0.39 is 5.97 Å². The number of aryl methyl sites for hydroxylation is 1. The molecule has 0 saturated heterocycles. The lowest BCUT2D eigenvalue weighted by atomic mass is 10.2. The van der Waals surface area contributed by atoms with Gasteiger partial charge in [0.1, 0.15) is 0 Å². The molecule has 25 heavy (non-hydrogen) atoms. The number of unbranched alkanes of at least 4 members (excludes halogenated alkanes) is 1. The van der Waals surface area contributed by atoms with Crippen LogP contribution in [0.1, 0.15) is 35.7 Å². The van der Waals surface area contributed by atoms with Gasteiger partial charge in [-0.25, -0.2) is 4.79 Å². The number of carboxylic acids is 1. The van der Waals surface area contributed by atoms with Crippen molar-refractivity contribution in [1.82, 2.24) is 4.57 Å². The summed E-state index contributed by atoms with van der Waals surface area (Å²) in [5, 5.41) is 14.6. The van der Waals surface area contributed by atoms with Crippen LogP contribution in [0.4, 0.5) is 5.69 Å². The van der Waals surface area contributed by atoms with Crippen molar-refractivity contribution in [3.05, 3.63) is 65.9 Å². The largest absolute Gasteiger partial charge is 0.478 e. The lowest BCUT2D eigenvalue weighted by molar-refractivity contribution is 0.0698. The highest BCUT2D eigenvalue weighted by atomic mass is 16.4. The zero-order valence-electron chi connectivity index (χ0n) is 14.1. The number of para-hydroxylation sites is 2. The molecule has 3 rings (SSSR count). The van der Waals surface area contributed by atoms with E-state index in [0.29, 0.717) is 5.69 Å². The second-order valence-electron chi connectivity index (χ2n) is 5.87. The molecule has 0 fully saturated rings. The number of carboxylic acid groups (broad SMARTS) is 1. The molecule has 0 aliphatic carbocycles. The first kappa shape index (κ1) is 16.8. The topological polar surface area (TPSA) is 66.6 Å². The zero-order chi connectivity index (χ0) is 17.6. The van der Waals surface area contributed by atoms with Crippen molar-refractivity contribution < 1.29 is 9.90 Å². The maximum absolute atomic E-state index is 11.2. The van der Waals surface area contributed by atoms with Crippen molar-refractivity contribution in [3.8, 4) is 0 Å². The fourth-order valence-electron chi connectivity index (χ4n) is 2.83. The molecule has 0 aliphatic heterocycles. The highest BCUT2D eigenvalue weighted by Gasteiger charge is 2.08. The number of carbonyl (C=O) groups is 1. The Morgan fingerprint density at radius 1 is 1.20 bits per heavy atom. The Balaban J connectivity index is 1.86. The molecule has 2 aromatic carbocycles. The number of nitrogens with one attached hydrogen (secondary N) is 1. The third-order valence-electron chi connectivity index (χ3n) is 4.12. The summed E-state index contributed by atoms with van der Waals surface area (Å²) in [5.41, 5.74) is 5.70. The highest BCUT2D eigenvalue weighted by Crippen LogP contribution is 2.21. The normalized spacial score (nSPS) is 11.2. The predicted molar refractivity (Wildman–Crippen MR) is 101 cm³/mol. The van der Waals surface area contributed by atoms with Crippen LogP contribution in [-0.2, 0) is 6.54 Å². The first-order valence-corrected chi connectivity index (χ1v) is 8.40. The Labute approximate surface area is 146 Å². The number of aromatic carboxylic acids is 1. The molecule has 0 bridgehead atoms. The Morgan fingerprint density at radius 3 is 2.76 bits per heavy atom. The fraction of sp³-hybridized carbons (Fsp3) is 0.200. The molecule has 0 atom stereocenters. The summed E-state index contributed by atoms with van der Waals surface area (Å²) < 4.78 is 2.24. The van der Waals surface area contributed by atoms with Gasteiger partial charge in [-0.1, -0.05) is 43.7 Å². The van der Waals surface area contributed by atoms with Crippen LogP contribution >= 0.6 is 0 Å². The number of fused-ring (bicyclic) bond motifs is 1. The van der Waals surface area contributed by atoms with Crippen molar-refractivity contribution >= 4 is 28.8 Å². The molecule has 5 nitrogen and oxygen atoms in total. The Hall–Kier alpha value is -3.08. The van der Waals surface area contributed by atoms with Gasteiger partial charge in [-0.05, 0) is 24.6 Å². The van der Waals surface area contributed by atoms with Crippen LogP contribution in [0.15, 0.2) is 59.8 Å². The quantitative estimate of drug-likeness (QED) is 0.490. The van der Waals surface area contributed by atoms with Crippen molar-refractivity contribution in [1.29, 1.82) is 0 Å². The molecule has 128 valence electrons. The summed E-state index contributed by atoms with van der Waals surface area (Å²) in [6.07, 6.45) is 6.10. The number of anilines is 1. The second-order valence-corrected chi connectivity index (χ2v) is 5.87. The number of benzene rings is 2. The van der Waals surface area contributed by atoms with Gasteiger partial charge in [-0.15, -0.1) is 0 Å². The van der Waals surface area contributed by atoms with Gasteiger partial charge in [0, 0.05) is 29.2 Å². The standard InChI is InChI=1S/C20H21N3O2/c1-2-3-12-23-14-15(16-8-5-7-11-19(16)23)13-21-22-18-10-6-4-9-17(18)20(24)25/h4-11,13-14,22H,2-3,12H2,1H3,(H,24,25). The van der Waals surface area contributed by atoms with Gasteiger partial charge in [0.15, 0.2) is 0 Å². The van der Waals surface area contributed by atoms with E-state index in [9.17, 15) is 9.90 Å². The number of nitrogens with zero attached hydrogens (tertiary/aromatic N) is 2. The number of hydrogen-bond acceptors (Lipinski definition) is 3. The van der Waals surface area contributed by atoms with Crippen LogP contribution in [0, 0.1) is 0 Å². The molecule has 0 spiro atoms. The molecule has 5 heteroatoms. The van der Waals surface area contributed by atoms with Crippen LogP contribution in [0.25, 0.3) is 10.9 Å². The maximum atomic E-state index is 11.2. The zero-order valence-corrected chi connectivity index (χ0v) is 14.1. The molecule has 3 aromatic rings. The lowest BCUT2D eigenvalue weighted by Crippen LogP contribution is -2.02. The molecule has 0 radical (unpaired) electrons. The highest BCUT2D eigenvalue weighted by molar-refractivity contribution is 6.00. The number of aromatic nitrogens is 1. The van der Waals surface area contributed by atoms with Crippen LogP contribution in [0.2, 0.25) is 0 Å². The molecular formula is C20H21N3O2. The van der Waals surface area contributed by atoms with E-state index in [1.807, 2.05) is 12.1 Å². The van der Waals surface area contributed by atoms with E-state index in [-0.39, 0.29) is 5.56 Å². The molecule has 1 aromatic heterocycles. The Morgan fingerprint density at radius 2 is 1.96 bits per heavy atom. The van der Waals surface area contributed by atoms with Crippen molar-refractivity contribution in [3.63, 3.8) is 0 Å². The molecule has 0 amide bonds. The Bertz CT molecular complexity index is 912. The van der Waals surface area contributed by atoms with E-state index in [2.05, 4.69) is 40.3 Å². The number of rotatable bonds is 7. The van der Waals surface area contributed by atoms with Crippen LogP contribution < -0.4 is 5.43 Å². The number of hydrogen-bond donors (Lipinski definition) is 2. The fourth-order valence-corrected chi connectivity index (χ4v) is 2.83. The van der Waals surface area contributed by atoms with Gasteiger partial charge in [0.25, 0.3) is 0 Å². The van der Waals surface area contributed by atoms with Gasteiger partial charge in [0.05, 0.1) is 17.5 Å². The van der Waals surface area contributed by atoms with Crippen LogP contribution in [-0.4, -0.2) is 21.9 Å². The molecule has 1 heterocycles. The second kappa shape index (κ2) is 7.66. The van der Waals surface area contributed by atoms with Crippen molar-refractivity contribution in [2.45, 2.75) is 26.3 Å². The summed E-state index contributed by atoms with van der Waals surface area (Å²) in [6, 6.07) is 15.0. The SMILES string of the molecule is CCCCn1cc(C=NNc2ccccc2C(=O)O)c2ccccc21. The summed E-state index contributed by atoms with van der Waals surface area (Å²) in [7, 11) is 0. The smallest absolute Gasteiger partial charge is 0.337 e. The predicted octanol–water partition coefficient (Wildman–Crippen LogP) is 4.59. The third-order valence-corrected chi connectivity index (χ3v) is 4.12. The minimum atomic E-state index is -0.977. The molecule has 0 unspecified atom stereocenters.